The third kappa shape index (κ3) is 2.08. The Hall–Kier alpha value is -1.94. The average Bonchev–Trinajstić information content (AvgIpc) is 2.35. The molecule has 1 fully saturated rings. The number of nitrogens with two attached hydrogens (primary N) is 1. The summed E-state index contributed by atoms with van der Waals surface area (Å²) in [5, 5.41) is 3.91. The second kappa shape index (κ2) is 4.31. The molecule has 1 heterocycles. The van der Waals surface area contributed by atoms with Crippen molar-refractivity contribution < 1.29 is 4.79 Å². The molecule has 1 aromatic heterocycles. The van der Waals surface area contributed by atoms with Crippen LogP contribution >= 0.6 is 0 Å². The molecule has 0 atom stereocenters. The molecule has 1 aromatic carbocycles. The molecule has 98 valence electrons. The van der Waals surface area contributed by atoms with Crippen LogP contribution in [0.2, 0.25) is 0 Å². The summed E-state index contributed by atoms with van der Waals surface area (Å²) < 4.78 is 0. The molecule has 2 aromatic rings. The third-order valence-corrected chi connectivity index (χ3v) is 3.79. The number of aromatic nitrogens is 1. The number of amides is 1. The first-order valence-corrected chi connectivity index (χ1v) is 6.55. The third-order valence-electron chi connectivity index (χ3n) is 3.79. The number of nitrogens with zero attached hydrogens (tertiary/aromatic N) is 1. The van der Waals surface area contributed by atoms with E-state index in [1.807, 2.05) is 37.3 Å². The van der Waals surface area contributed by atoms with Crippen LogP contribution < -0.4 is 11.1 Å². The average molecular weight is 255 g/mol. The Morgan fingerprint density at radius 1 is 1.37 bits per heavy atom. The number of benzene rings is 1. The predicted molar refractivity (Wildman–Crippen MR) is 75.9 cm³/mol. The number of hydrogen-bond donors (Lipinski definition) is 2. The van der Waals surface area contributed by atoms with Gasteiger partial charge in [0.15, 0.2) is 0 Å². The molecule has 19 heavy (non-hydrogen) atoms. The molecule has 0 radical (unpaired) electrons. The van der Waals surface area contributed by atoms with Crippen molar-refractivity contribution in [3.8, 4) is 0 Å². The van der Waals surface area contributed by atoms with Crippen LogP contribution in [0.5, 0.6) is 0 Å². The predicted octanol–water partition coefficient (Wildman–Crippen LogP) is 2.36. The van der Waals surface area contributed by atoms with Gasteiger partial charge >= 0.3 is 0 Å². The summed E-state index contributed by atoms with van der Waals surface area (Å²) in [5.41, 5.74) is 7.93. The van der Waals surface area contributed by atoms with Gasteiger partial charge in [0.2, 0.25) is 5.91 Å². The standard InChI is InChI=1S/C15H17N3O/c1-10-9-13(11-5-2-3-6-12(11)17-10)18-14(19)15(16)7-4-8-15/h2-3,5-6,9H,4,7-8,16H2,1H3,(H,17,18,19). The minimum Gasteiger partial charge on any atom is -0.324 e. The topological polar surface area (TPSA) is 68.0 Å². The molecule has 0 bridgehead atoms. The van der Waals surface area contributed by atoms with E-state index in [0.29, 0.717) is 0 Å². The van der Waals surface area contributed by atoms with Gasteiger partial charge in [0.05, 0.1) is 16.7 Å². The minimum absolute atomic E-state index is 0.0884. The maximum absolute atomic E-state index is 12.2. The first-order valence-electron chi connectivity index (χ1n) is 6.55. The van der Waals surface area contributed by atoms with Crippen LogP contribution in [0.4, 0.5) is 5.69 Å². The summed E-state index contributed by atoms with van der Waals surface area (Å²) in [7, 11) is 0. The van der Waals surface area contributed by atoms with Crippen molar-refractivity contribution in [2.75, 3.05) is 5.32 Å². The Morgan fingerprint density at radius 2 is 2.11 bits per heavy atom. The van der Waals surface area contributed by atoms with E-state index in [-0.39, 0.29) is 5.91 Å². The van der Waals surface area contributed by atoms with E-state index in [1.54, 1.807) is 0 Å². The van der Waals surface area contributed by atoms with Crippen molar-refractivity contribution in [3.63, 3.8) is 0 Å². The fraction of sp³-hybridized carbons (Fsp3) is 0.333. The highest BCUT2D eigenvalue weighted by atomic mass is 16.2. The molecule has 0 unspecified atom stereocenters. The van der Waals surface area contributed by atoms with Crippen molar-refractivity contribution in [2.24, 2.45) is 5.73 Å². The van der Waals surface area contributed by atoms with Gasteiger partial charge in [-0.05, 0) is 38.3 Å². The normalized spacial score (nSPS) is 16.9. The molecular weight excluding hydrogens is 238 g/mol. The highest BCUT2D eigenvalue weighted by Gasteiger charge is 2.40. The van der Waals surface area contributed by atoms with Gasteiger partial charge in [0, 0.05) is 11.1 Å². The Morgan fingerprint density at radius 3 is 2.79 bits per heavy atom. The molecule has 0 aliphatic heterocycles. The van der Waals surface area contributed by atoms with E-state index in [9.17, 15) is 4.79 Å². The second-order valence-corrected chi connectivity index (χ2v) is 5.29. The van der Waals surface area contributed by atoms with E-state index in [2.05, 4.69) is 10.3 Å². The molecule has 1 aliphatic carbocycles. The summed E-state index contributed by atoms with van der Waals surface area (Å²) in [6.07, 6.45) is 2.56. The SMILES string of the molecule is Cc1cc(NC(=O)C2(N)CCC2)c2ccccc2n1. The number of nitrogens with one attached hydrogen (secondary N) is 1. The summed E-state index contributed by atoms with van der Waals surface area (Å²) in [4.78, 5) is 16.7. The Labute approximate surface area is 112 Å². The lowest BCUT2D eigenvalue weighted by Crippen LogP contribution is -2.56. The smallest absolute Gasteiger partial charge is 0.244 e. The van der Waals surface area contributed by atoms with Gasteiger partial charge in [-0.3, -0.25) is 9.78 Å². The molecule has 4 nitrogen and oxygen atoms in total. The van der Waals surface area contributed by atoms with E-state index in [1.165, 1.54) is 0 Å². The van der Waals surface area contributed by atoms with Crippen LogP contribution in [0.25, 0.3) is 10.9 Å². The number of rotatable bonds is 2. The number of carbonyl (C=O) groups is 1. The van der Waals surface area contributed by atoms with Crippen LogP contribution in [0, 0.1) is 6.92 Å². The molecule has 4 heteroatoms. The number of carbonyl (C=O) groups excluding carboxylic acids is 1. The van der Waals surface area contributed by atoms with Gasteiger partial charge in [0.25, 0.3) is 0 Å². The van der Waals surface area contributed by atoms with Crippen LogP contribution in [-0.4, -0.2) is 16.4 Å². The Balaban J connectivity index is 1.98. The van der Waals surface area contributed by atoms with E-state index in [4.69, 9.17) is 5.73 Å². The van der Waals surface area contributed by atoms with Crippen molar-refractivity contribution in [3.05, 3.63) is 36.0 Å². The lowest BCUT2D eigenvalue weighted by molar-refractivity contribution is -0.123. The van der Waals surface area contributed by atoms with E-state index in [0.717, 1.165) is 41.5 Å². The second-order valence-electron chi connectivity index (χ2n) is 5.29. The fourth-order valence-corrected chi connectivity index (χ4v) is 2.44. The maximum Gasteiger partial charge on any atom is 0.244 e. The number of anilines is 1. The number of hydrogen-bond acceptors (Lipinski definition) is 3. The quantitative estimate of drug-likeness (QED) is 0.865. The molecule has 1 saturated carbocycles. The van der Waals surface area contributed by atoms with Crippen LogP contribution in [0.3, 0.4) is 0 Å². The summed E-state index contributed by atoms with van der Waals surface area (Å²) in [5.74, 6) is -0.0884. The van der Waals surface area contributed by atoms with E-state index < -0.39 is 5.54 Å². The van der Waals surface area contributed by atoms with Gasteiger partial charge in [-0.25, -0.2) is 0 Å². The number of fused-ring (bicyclic) bond motifs is 1. The van der Waals surface area contributed by atoms with Gasteiger partial charge in [-0.1, -0.05) is 18.2 Å². The van der Waals surface area contributed by atoms with Crippen molar-refractivity contribution in [1.82, 2.24) is 4.98 Å². The van der Waals surface area contributed by atoms with Crippen molar-refractivity contribution in [1.29, 1.82) is 0 Å². The Kier molecular flexibility index (Phi) is 2.75. The zero-order valence-electron chi connectivity index (χ0n) is 10.9. The van der Waals surface area contributed by atoms with Crippen LogP contribution in [0.1, 0.15) is 25.0 Å². The number of pyridine rings is 1. The molecule has 0 saturated heterocycles. The molecule has 3 rings (SSSR count). The van der Waals surface area contributed by atoms with Gasteiger partial charge in [-0.15, -0.1) is 0 Å². The van der Waals surface area contributed by atoms with Gasteiger partial charge in [0.1, 0.15) is 0 Å². The minimum atomic E-state index is -0.682. The Bertz CT molecular complexity index is 647. The van der Waals surface area contributed by atoms with Crippen molar-refractivity contribution >= 4 is 22.5 Å². The van der Waals surface area contributed by atoms with Crippen molar-refractivity contribution in [2.45, 2.75) is 31.7 Å². The highest BCUT2D eigenvalue weighted by molar-refractivity contribution is 6.04. The van der Waals surface area contributed by atoms with Crippen LogP contribution in [0.15, 0.2) is 30.3 Å². The highest BCUT2D eigenvalue weighted by Crippen LogP contribution is 2.31. The maximum atomic E-state index is 12.2. The first-order chi connectivity index (χ1) is 9.08. The first kappa shape index (κ1) is 12.1. The lowest BCUT2D eigenvalue weighted by atomic mass is 9.77. The molecule has 0 spiro atoms. The summed E-state index contributed by atoms with van der Waals surface area (Å²) in [6.45, 7) is 1.92. The lowest BCUT2D eigenvalue weighted by Gasteiger charge is -2.36. The monoisotopic (exact) mass is 255 g/mol. The molecule has 3 N–H and O–H groups in total. The molecular formula is C15H17N3O. The zero-order valence-corrected chi connectivity index (χ0v) is 10.9. The van der Waals surface area contributed by atoms with Gasteiger partial charge < -0.3 is 11.1 Å². The number of aryl methyl sites for hydroxylation is 1. The zero-order chi connectivity index (χ0) is 13.5. The summed E-state index contributed by atoms with van der Waals surface area (Å²) >= 11 is 0. The van der Waals surface area contributed by atoms with Gasteiger partial charge in [-0.2, -0.15) is 0 Å². The molecule has 1 aliphatic rings. The fourth-order valence-electron chi connectivity index (χ4n) is 2.44. The molecule has 1 amide bonds. The van der Waals surface area contributed by atoms with Crippen LogP contribution in [-0.2, 0) is 4.79 Å². The van der Waals surface area contributed by atoms with E-state index >= 15 is 0 Å². The summed E-state index contributed by atoms with van der Waals surface area (Å²) in [6, 6.07) is 9.68. The number of para-hydroxylation sites is 1. The largest absolute Gasteiger partial charge is 0.324 e.